The number of aliphatic imine (C=N–C) groups is 1. The van der Waals surface area contributed by atoms with Gasteiger partial charge in [0.2, 0.25) is 0 Å². The molecule has 2 aliphatic rings. The largest absolute Gasteiger partial charge is 0.497 e. The highest BCUT2D eigenvalue weighted by atomic mass is 127. The van der Waals surface area contributed by atoms with Crippen LogP contribution >= 0.6 is 35.6 Å². The number of hydrogen-bond acceptors (Lipinski definition) is 4. The molecule has 1 atom stereocenters. The van der Waals surface area contributed by atoms with Crippen LogP contribution in [0.25, 0.3) is 0 Å². The number of hydrogen-bond donors (Lipinski definition) is 1. The van der Waals surface area contributed by atoms with E-state index in [9.17, 15) is 0 Å². The van der Waals surface area contributed by atoms with Crippen molar-refractivity contribution >= 4 is 41.5 Å². The van der Waals surface area contributed by atoms with E-state index < -0.39 is 0 Å². The van der Waals surface area contributed by atoms with Gasteiger partial charge >= 0.3 is 0 Å². The summed E-state index contributed by atoms with van der Waals surface area (Å²) in [6.07, 6.45) is 2.04. The van der Waals surface area contributed by atoms with Gasteiger partial charge in [0.15, 0.2) is 5.96 Å². The monoisotopic (exact) mass is 508 g/mol. The lowest BCUT2D eigenvalue weighted by Crippen LogP contribution is -2.46. The van der Waals surface area contributed by atoms with E-state index in [-0.39, 0.29) is 24.0 Å². The third-order valence-corrected chi connectivity index (χ3v) is 5.53. The first kappa shape index (κ1) is 22.5. The van der Waals surface area contributed by atoms with Crippen LogP contribution in [0.15, 0.2) is 23.2 Å². The van der Waals surface area contributed by atoms with Crippen LogP contribution in [-0.4, -0.2) is 81.9 Å². The molecule has 0 radical (unpaired) electrons. The van der Waals surface area contributed by atoms with Crippen LogP contribution in [0.2, 0.25) is 5.02 Å². The summed E-state index contributed by atoms with van der Waals surface area (Å²) in [5.74, 6) is 1.76. The summed E-state index contributed by atoms with van der Waals surface area (Å²) in [6, 6.07) is 6.44. The summed E-state index contributed by atoms with van der Waals surface area (Å²) in [5.41, 5.74) is 1.11. The van der Waals surface area contributed by atoms with E-state index in [2.05, 4.69) is 20.1 Å². The maximum atomic E-state index is 6.33. The zero-order chi connectivity index (χ0) is 18.4. The molecule has 8 heteroatoms. The van der Waals surface area contributed by atoms with Gasteiger partial charge in [-0.1, -0.05) is 17.7 Å². The van der Waals surface area contributed by atoms with Gasteiger partial charge in [-0.05, 0) is 30.5 Å². The van der Waals surface area contributed by atoms with Crippen molar-refractivity contribution < 1.29 is 9.47 Å². The number of nitrogens with one attached hydrogen (secondary N) is 1. The van der Waals surface area contributed by atoms with E-state index in [0.29, 0.717) is 6.04 Å². The lowest BCUT2D eigenvalue weighted by Gasteiger charge is -2.32. The van der Waals surface area contributed by atoms with Gasteiger partial charge in [0.05, 0.1) is 20.3 Å². The van der Waals surface area contributed by atoms with Gasteiger partial charge in [-0.25, -0.2) is 0 Å². The average molecular weight is 509 g/mol. The van der Waals surface area contributed by atoms with Gasteiger partial charge in [-0.3, -0.25) is 9.89 Å². The normalized spacial score (nSPS) is 21.1. The quantitative estimate of drug-likeness (QED) is 0.376. The molecule has 27 heavy (non-hydrogen) atoms. The Hall–Kier alpha value is -0.770. The highest BCUT2D eigenvalue weighted by Gasteiger charge is 2.30. The van der Waals surface area contributed by atoms with Crippen molar-refractivity contribution in [2.45, 2.75) is 18.9 Å². The number of rotatable bonds is 5. The Morgan fingerprint density at radius 1 is 1.33 bits per heavy atom. The third kappa shape index (κ3) is 6.10. The molecule has 1 aromatic carbocycles. The van der Waals surface area contributed by atoms with Crippen molar-refractivity contribution in [2.75, 3.05) is 60.1 Å². The van der Waals surface area contributed by atoms with Gasteiger partial charge in [0, 0.05) is 50.8 Å². The van der Waals surface area contributed by atoms with Gasteiger partial charge in [0.25, 0.3) is 0 Å². The Morgan fingerprint density at radius 2 is 2.11 bits per heavy atom. The van der Waals surface area contributed by atoms with Gasteiger partial charge < -0.3 is 19.7 Å². The third-order valence-electron chi connectivity index (χ3n) is 5.17. The highest BCUT2D eigenvalue weighted by molar-refractivity contribution is 14.0. The summed E-state index contributed by atoms with van der Waals surface area (Å²) in [5, 5.41) is 4.23. The summed E-state index contributed by atoms with van der Waals surface area (Å²) in [6.45, 7) is 6.67. The van der Waals surface area contributed by atoms with E-state index in [0.717, 1.165) is 74.7 Å². The Kier molecular flexibility index (Phi) is 9.41. The van der Waals surface area contributed by atoms with Crippen LogP contribution in [-0.2, 0) is 11.2 Å². The molecule has 0 aliphatic carbocycles. The number of morpholine rings is 1. The predicted octanol–water partition coefficient (Wildman–Crippen LogP) is 2.49. The van der Waals surface area contributed by atoms with Crippen molar-refractivity contribution in [1.82, 2.24) is 15.1 Å². The van der Waals surface area contributed by atoms with E-state index in [1.54, 1.807) is 7.11 Å². The second kappa shape index (κ2) is 11.3. The summed E-state index contributed by atoms with van der Waals surface area (Å²) in [7, 11) is 3.50. The lowest BCUT2D eigenvalue weighted by molar-refractivity contribution is 0.0195. The van der Waals surface area contributed by atoms with Crippen LogP contribution in [0.1, 0.15) is 12.0 Å². The first-order valence-electron chi connectivity index (χ1n) is 9.31. The molecule has 6 nitrogen and oxygen atoms in total. The molecule has 2 heterocycles. The minimum atomic E-state index is 0. The van der Waals surface area contributed by atoms with Crippen molar-refractivity contribution in [3.8, 4) is 5.75 Å². The molecule has 2 fully saturated rings. The molecule has 2 aliphatic heterocycles. The zero-order valence-corrected chi connectivity index (χ0v) is 19.2. The van der Waals surface area contributed by atoms with Crippen molar-refractivity contribution in [3.63, 3.8) is 0 Å². The smallest absolute Gasteiger partial charge is 0.193 e. The molecule has 0 bridgehead atoms. The summed E-state index contributed by atoms with van der Waals surface area (Å²) >= 11 is 6.33. The van der Waals surface area contributed by atoms with E-state index >= 15 is 0 Å². The molecular weight excluding hydrogens is 479 g/mol. The van der Waals surface area contributed by atoms with Crippen LogP contribution in [0.4, 0.5) is 0 Å². The Bertz CT molecular complexity index is 626. The van der Waals surface area contributed by atoms with Crippen LogP contribution < -0.4 is 10.1 Å². The van der Waals surface area contributed by atoms with Crippen LogP contribution in [0.5, 0.6) is 5.75 Å². The van der Waals surface area contributed by atoms with Crippen LogP contribution in [0, 0.1) is 0 Å². The predicted molar refractivity (Wildman–Crippen MR) is 121 cm³/mol. The fourth-order valence-electron chi connectivity index (χ4n) is 3.67. The number of benzene rings is 1. The standard InChI is InChI=1S/C19H29ClN4O2.HI/c1-21-19(22-7-5-15-3-4-17(25-2)13-18(15)20)24-8-6-16(14-24)23-9-11-26-12-10-23;/h3-4,13,16H,5-12,14H2,1-2H3,(H,21,22);1H. The first-order valence-corrected chi connectivity index (χ1v) is 9.69. The fraction of sp³-hybridized carbons (Fsp3) is 0.632. The molecule has 0 amide bonds. The van der Waals surface area contributed by atoms with Gasteiger partial charge in [-0.2, -0.15) is 0 Å². The Labute approximate surface area is 184 Å². The van der Waals surface area contributed by atoms with Gasteiger partial charge in [-0.15, -0.1) is 24.0 Å². The van der Waals surface area contributed by atoms with E-state index in [1.807, 2.05) is 25.2 Å². The van der Waals surface area contributed by atoms with Gasteiger partial charge in [0.1, 0.15) is 5.75 Å². The molecule has 0 saturated carbocycles. The topological polar surface area (TPSA) is 49.3 Å². The molecule has 1 N–H and O–H groups in total. The minimum Gasteiger partial charge on any atom is -0.497 e. The summed E-state index contributed by atoms with van der Waals surface area (Å²) in [4.78, 5) is 9.37. The van der Waals surface area contributed by atoms with Crippen molar-refractivity contribution in [3.05, 3.63) is 28.8 Å². The number of halogens is 2. The summed E-state index contributed by atoms with van der Waals surface area (Å²) < 4.78 is 10.7. The molecule has 3 rings (SSSR count). The molecule has 152 valence electrons. The number of guanidine groups is 1. The number of nitrogens with zero attached hydrogens (tertiary/aromatic N) is 3. The van der Waals surface area contributed by atoms with Crippen molar-refractivity contribution in [1.29, 1.82) is 0 Å². The number of methoxy groups -OCH3 is 1. The first-order chi connectivity index (χ1) is 12.7. The second-order valence-electron chi connectivity index (χ2n) is 6.72. The molecule has 1 unspecified atom stereocenters. The fourth-order valence-corrected chi connectivity index (χ4v) is 3.94. The molecule has 2 saturated heterocycles. The van der Waals surface area contributed by atoms with Crippen LogP contribution in [0.3, 0.4) is 0 Å². The van der Waals surface area contributed by atoms with E-state index in [1.165, 1.54) is 6.42 Å². The maximum Gasteiger partial charge on any atom is 0.193 e. The Balaban J connectivity index is 0.00000261. The SMILES string of the molecule is CN=C(NCCc1ccc(OC)cc1Cl)N1CCC(N2CCOCC2)C1.I. The molecular formula is C19H30ClIN4O2. The maximum absolute atomic E-state index is 6.33. The number of ether oxygens (including phenoxy) is 2. The average Bonchev–Trinajstić information content (AvgIpc) is 3.17. The molecule has 0 spiro atoms. The minimum absolute atomic E-state index is 0. The Morgan fingerprint density at radius 3 is 2.78 bits per heavy atom. The molecule has 1 aromatic rings. The highest BCUT2D eigenvalue weighted by Crippen LogP contribution is 2.22. The van der Waals surface area contributed by atoms with E-state index in [4.69, 9.17) is 21.1 Å². The van der Waals surface area contributed by atoms with Crippen molar-refractivity contribution in [2.24, 2.45) is 4.99 Å². The lowest BCUT2D eigenvalue weighted by atomic mass is 10.1. The number of likely N-dealkylation sites (tertiary alicyclic amines) is 1. The molecule has 0 aromatic heterocycles. The second-order valence-corrected chi connectivity index (χ2v) is 7.13. The zero-order valence-electron chi connectivity index (χ0n) is 16.1.